The number of aryl methyl sites for hydroxylation is 1. The van der Waals surface area contributed by atoms with Crippen LogP contribution >= 0.6 is 11.6 Å². The molecule has 108 valence electrons. The Hall–Kier alpha value is -2.34. The van der Waals surface area contributed by atoms with E-state index in [0.29, 0.717) is 12.2 Å². The molecule has 0 spiro atoms. The van der Waals surface area contributed by atoms with Gasteiger partial charge in [-0.3, -0.25) is 4.79 Å². The fraction of sp³-hybridized carbons (Fsp3) is 0.214. The smallest absolute Gasteiger partial charge is 0.285 e. The molecule has 3 aromatic rings. The van der Waals surface area contributed by atoms with Gasteiger partial charge < -0.3 is 9.72 Å². The van der Waals surface area contributed by atoms with Crippen molar-refractivity contribution in [2.24, 2.45) is 0 Å². The van der Waals surface area contributed by atoms with Crippen LogP contribution in [0.25, 0.3) is 5.65 Å². The number of aromatic amines is 1. The van der Waals surface area contributed by atoms with Gasteiger partial charge in [0, 0.05) is 25.4 Å². The molecule has 0 aliphatic rings. The first-order chi connectivity index (χ1) is 10.1. The van der Waals surface area contributed by atoms with E-state index in [1.54, 1.807) is 0 Å². The van der Waals surface area contributed by atoms with Crippen molar-refractivity contribution in [2.45, 2.75) is 13.3 Å². The van der Waals surface area contributed by atoms with E-state index in [-0.39, 0.29) is 5.02 Å². The molecule has 0 radical (unpaired) electrons. The van der Waals surface area contributed by atoms with E-state index in [2.05, 4.69) is 20.5 Å². The van der Waals surface area contributed by atoms with Crippen LogP contribution < -0.4 is 10.9 Å². The summed E-state index contributed by atoms with van der Waals surface area (Å²) in [5.74, 6) is 0. The van der Waals surface area contributed by atoms with Gasteiger partial charge in [0.05, 0.1) is 17.6 Å². The third kappa shape index (κ3) is 2.75. The molecule has 0 aromatic carbocycles. The predicted molar refractivity (Wildman–Crippen MR) is 82.0 cm³/mol. The third-order valence-electron chi connectivity index (χ3n) is 3.22. The Morgan fingerprint density at radius 3 is 3.14 bits per heavy atom. The molecule has 7 heteroatoms. The first-order valence-corrected chi connectivity index (χ1v) is 6.93. The number of fused-ring (bicyclic) bond motifs is 1. The van der Waals surface area contributed by atoms with Gasteiger partial charge in [-0.15, -0.1) is 0 Å². The van der Waals surface area contributed by atoms with Crippen LogP contribution in [0.5, 0.6) is 0 Å². The molecule has 2 N–H and O–H groups in total. The SMILES string of the molecule is Cc1cccn2cc(CCNc3cn[nH]c(=O)c3Cl)nc12. The van der Waals surface area contributed by atoms with Crippen molar-refractivity contribution in [3.63, 3.8) is 0 Å². The minimum Gasteiger partial charge on any atom is -0.382 e. The zero-order valence-corrected chi connectivity index (χ0v) is 12.2. The molecule has 0 unspecified atom stereocenters. The lowest BCUT2D eigenvalue weighted by molar-refractivity contribution is 0.954. The summed E-state index contributed by atoms with van der Waals surface area (Å²) in [7, 11) is 0. The average Bonchev–Trinajstić information content (AvgIpc) is 2.88. The lowest BCUT2D eigenvalue weighted by atomic mass is 10.3. The van der Waals surface area contributed by atoms with E-state index in [1.165, 1.54) is 6.20 Å². The molecular weight excluding hydrogens is 290 g/mol. The summed E-state index contributed by atoms with van der Waals surface area (Å²) in [6.45, 7) is 2.65. The Kier molecular flexibility index (Phi) is 3.62. The number of imidazole rings is 1. The second kappa shape index (κ2) is 5.57. The standard InChI is InChI=1S/C14H14ClN5O/c1-9-3-2-6-20-8-10(18-13(9)20)4-5-16-11-7-17-19-14(21)12(11)15/h2-3,6-8H,4-5H2,1H3,(H2,16,19,21). The van der Waals surface area contributed by atoms with Crippen molar-refractivity contribution in [1.29, 1.82) is 0 Å². The molecule has 21 heavy (non-hydrogen) atoms. The number of nitrogens with zero attached hydrogens (tertiary/aromatic N) is 3. The average molecular weight is 304 g/mol. The van der Waals surface area contributed by atoms with Gasteiger partial charge in [-0.1, -0.05) is 17.7 Å². The Morgan fingerprint density at radius 1 is 1.48 bits per heavy atom. The molecule has 3 heterocycles. The Bertz CT molecular complexity index is 839. The number of aromatic nitrogens is 4. The Morgan fingerprint density at radius 2 is 2.33 bits per heavy atom. The summed E-state index contributed by atoms with van der Waals surface area (Å²) in [5, 5.41) is 9.21. The van der Waals surface area contributed by atoms with Crippen molar-refractivity contribution in [1.82, 2.24) is 19.6 Å². The van der Waals surface area contributed by atoms with E-state index in [0.717, 1.165) is 23.3 Å². The molecule has 0 saturated heterocycles. The fourth-order valence-electron chi connectivity index (χ4n) is 2.16. The summed E-state index contributed by atoms with van der Waals surface area (Å²) in [5.41, 5.74) is 3.21. The number of H-pyrrole nitrogens is 1. The maximum absolute atomic E-state index is 11.3. The van der Waals surface area contributed by atoms with Crippen LogP contribution in [0.1, 0.15) is 11.3 Å². The van der Waals surface area contributed by atoms with Crippen molar-refractivity contribution in [2.75, 3.05) is 11.9 Å². The first kappa shape index (κ1) is 13.6. The quantitative estimate of drug-likeness (QED) is 0.773. The van der Waals surface area contributed by atoms with E-state index >= 15 is 0 Å². The summed E-state index contributed by atoms with van der Waals surface area (Å²) in [4.78, 5) is 15.9. The van der Waals surface area contributed by atoms with E-state index in [9.17, 15) is 4.79 Å². The van der Waals surface area contributed by atoms with Crippen molar-refractivity contribution in [3.05, 3.63) is 57.4 Å². The normalized spacial score (nSPS) is 11.0. The monoisotopic (exact) mass is 303 g/mol. The first-order valence-electron chi connectivity index (χ1n) is 6.55. The van der Waals surface area contributed by atoms with E-state index in [4.69, 9.17) is 11.6 Å². The maximum Gasteiger partial charge on any atom is 0.285 e. The van der Waals surface area contributed by atoms with Gasteiger partial charge >= 0.3 is 0 Å². The minimum atomic E-state index is -0.398. The number of halogens is 1. The largest absolute Gasteiger partial charge is 0.382 e. The Labute approximate surface area is 125 Å². The molecule has 0 saturated carbocycles. The third-order valence-corrected chi connectivity index (χ3v) is 3.60. The van der Waals surface area contributed by atoms with E-state index < -0.39 is 5.56 Å². The van der Waals surface area contributed by atoms with Crippen LogP contribution in [0.3, 0.4) is 0 Å². The molecule has 0 aliphatic heterocycles. The van der Waals surface area contributed by atoms with Gasteiger partial charge in [0.2, 0.25) is 0 Å². The topological polar surface area (TPSA) is 75.1 Å². The highest BCUT2D eigenvalue weighted by Crippen LogP contribution is 2.15. The van der Waals surface area contributed by atoms with Crippen molar-refractivity contribution >= 4 is 22.9 Å². The number of hydrogen-bond acceptors (Lipinski definition) is 4. The number of anilines is 1. The van der Waals surface area contributed by atoms with Crippen LogP contribution in [0.2, 0.25) is 5.02 Å². The fourth-order valence-corrected chi connectivity index (χ4v) is 2.31. The highest BCUT2D eigenvalue weighted by molar-refractivity contribution is 6.32. The summed E-state index contributed by atoms with van der Waals surface area (Å²) < 4.78 is 2.01. The van der Waals surface area contributed by atoms with Gasteiger partial charge in [0.25, 0.3) is 5.56 Å². The van der Waals surface area contributed by atoms with E-state index in [1.807, 2.05) is 35.9 Å². The molecule has 6 nitrogen and oxygen atoms in total. The summed E-state index contributed by atoms with van der Waals surface area (Å²) >= 11 is 5.89. The molecule has 3 rings (SSSR count). The van der Waals surface area contributed by atoms with Crippen LogP contribution in [0.4, 0.5) is 5.69 Å². The summed E-state index contributed by atoms with van der Waals surface area (Å²) in [6, 6.07) is 4.03. The zero-order chi connectivity index (χ0) is 14.8. The van der Waals surface area contributed by atoms with Crippen LogP contribution in [-0.4, -0.2) is 26.1 Å². The van der Waals surface area contributed by atoms with Crippen molar-refractivity contribution in [3.8, 4) is 0 Å². The highest BCUT2D eigenvalue weighted by Gasteiger charge is 2.06. The maximum atomic E-state index is 11.3. The lowest BCUT2D eigenvalue weighted by Gasteiger charge is -2.05. The van der Waals surface area contributed by atoms with Gasteiger partial charge in [0.15, 0.2) is 0 Å². The zero-order valence-electron chi connectivity index (χ0n) is 11.4. The molecule has 0 aliphatic carbocycles. The minimum absolute atomic E-state index is 0.121. The number of nitrogens with one attached hydrogen (secondary N) is 2. The van der Waals surface area contributed by atoms with Gasteiger partial charge in [-0.2, -0.15) is 5.10 Å². The Balaban J connectivity index is 1.71. The second-order valence-corrected chi connectivity index (χ2v) is 5.14. The van der Waals surface area contributed by atoms with Gasteiger partial charge in [0.1, 0.15) is 10.7 Å². The molecule has 0 atom stereocenters. The highest BCUT2D eigenvalue weighted by atomic mass is 35.5. The summed E-state index contributed by atoms with van der Waals surface area (Å²) in [6.07, 6.45) is 6.20. The second-order valence-electron chi connectivity index (χ2n) is 4.76. The van der Waals surface area contributed by atoms with Gasteiger partial charge in [-0.25, -0.2) is 10.1 Å². The molecule has 3 aromatic heterocycles. The predicted octanol–water partition coefficient (Wildman–Crippen LogP) is 2.03. The van der Waals surface area contributed by atoms with Crippen LogP contribution in [0, 0.1) is 6.92 Å². The molecule has 0 fully saturated rings. The number of hydrogen-bond donors (Lipinski definition) is 2. The molecular formula is C14H14ClN5O. The van der Waals surface area contributed by atoms with Crippen molar-refractivity contribution < 1.29 is 0 Å². The molecule has 0 bridgehead atoms. The van der Waals surface area contributed by atoms with Crippen LogP contribution in [0.15, 0.2) is 35.5 Å². The number of rotatable bonds is 4. The van der Waals surface area contributed by atoms with Gasteiger partial charge in [-0.05, 0) is 18.6 Å². The lowest BCUT2D eigenvalue weighted by Crippen LogP contribution is -2.13. The number of pyridine rings is 1. The molecule has 0 amide bonds. The van der Waals surface area contributed by atoms with Crippen LogP contribution in [-0.2, 0) is 6.42 Å².